The molecule has 0 aliphatic rings. The Morgan fingerprint density at radius 1 is 0.826 bits per heavy atom. The number of nitrogens with zero attached hydrogens (tertiary/aromatic N) is 1. The molecule has 23 heavy (non-hydrogen) atoms. The zero-order chi connectivity index (χ0) is 16.8. The first-order valence-corrected chi connectivity index (χ1v) is 10.1. The van der Waals surface area contributed by atoms with Gasteiger partial charge in [-0.1, -0.05) is 64.7 Å². The van der Waals surface area contributed by atoms with E-state index in [1.807, 2.05) is 12.1 Å². The number of pyridine rings is 1. The third kappa shape index (κ3) is 9.42. The van der Waals surface area contributed by atoms with Crippen molar-refractivity contribution in [3.63, 3.8) is 0 Å². The second-order valence-corrected chi connectivity index (χ2v) is 6.58. The molecule has 0 saturated heterocycles. The minimum atomic E-state index is 0.359. The Bertz CT molecular complexity index is 412. The lowest BCUT2D eigenvalue weighted by Crippen LogP contribution is -2.02. The predicted octanol–water partition coefficient (Wildman–Crippen LogP) is 6.86. The van der Waals surface area contributed by atoms with Gasteiger partial charge in [-0.2, -0.15) is 0 Å². The van der Waals surface area contributed by atoms with E-state index in [1.54, 1.807) is 0 Å². The van der Waals surface area contributed by atoms with E-state index in [2.05, 4.69) is 11.9 Å². The topological polar surface area (TPSA) is 22.1 Å². The summed E-state index contributed by atoms with van der Waals surface area (Å²) < 4.78 is 5.81. The lowest BCUT2D eigenvalue weighted by atomic mass is 10.1. The Morgan fingerprint density at radius 2 is 1.43 bits per heavy atom. The van der Waals surface area contributed by atoms with Gasteiger partial charge in [0.05, 0.1) is 29.8 Å². The molecule has 1 heterocycles. The van der Waals surface area contributed by atoms with Crippen LogP contribution in [0, 0.1) is 0 Å². The average molecular weight is 360 g/mol. The van der Waals surface area contributed by atoms with Crippen LogP contribution in [0.2, 0.25) is 0 Å². The number of aromatic nitrogens is 1. The Balaban J connectivity index is 2.05. The number of ether oxygens (including phenoxy) is 1. The molecule has 0 saturated carbocycles. The van der Waals surface area contributed by atoms with Gasteiger partial charge >= 0.3 is 0 Å². The van der Waals surface area contributed by atoms with E-state index in [0.717, 1.165) is 30.2 Å². The molecule has 0 spiro atoms. The number of alkyl halides is 2. The summed E-state index contributed by atoms with van der Waals surface area (Å²) in [7, 11) is 0. The normalized spacial score (nSPS) is 10.9. The van der Waals surface area contributed by atoms with Crippen molar-refractivity contribution in [2.75, 3.05) is 6.61 Å². The molecule has 0 aliphatic heterocycles. The van der Waals surface area contributed by atoms with Crippen LogP contribution in [0.25, 0.3) is 0 Å². The molecule has 0 bridgehead atoms. The van der Waals surface area contributed by atoms with Gasteiger partial charge in [-0.05, 0) is 18.6 Å². The summed E-state index contributed by atoms with van der Waals surface area (Å²) in [5.41, 5.74) is 1.63. The molecule has 0 aliphatic carbocycles. The highest BCUT2D eigenvalue weighted by molar-refractivity contribution is 6.17. The van der Waals surface area contributed by atoms with Gasteiger partial charge in [-0.3, -0.25) is 4.98 Å². The third-order valence-electron chi connectivity index (χ3n) is 4.01. The van der Waals surface area contributed by atoms with Gasteiger partial charge in [0.1, 0.15) is 5.75 Å². The highest BCUT2D eigenvalue weighted by Gasteiger charge is 2.06. The van der Waals surface area contributed by atoms with Crippen molar-refractivity contribution in [3.05, 3.63) is 23.5 Å². The highest BCUT2D eigenvalue weighted by Crippen LogP contribution is 2.20. The van der Waals surface area contributed by atoms with Gasteiger partial charge in [0.25, 0.3) is 0 Å². The number of halogens is 2. The molecule has 1 aromatic heterocycles. The fraction of sp³-hybridized carbons (Fsp3) is 0.737. The molecule has 0 amide bonds. The quantitative estimate of drug-likeness (QED) is 0.267. The molecule has 0 unspecified atom stereocenters. The number of rotatable bonds is 14. The van der Waals surface area contributed by atoms with Gasteiger partial charge in [0, 0.05) is 0 Å². The van der Waals surface area contributed by atoms with Crippen LogP contribution >= 0.6 is 23.2 Å². The molecule has 1 aromatic rings. The maximum Gasteiger partial charge on any atom is 0.142 e. The van der Waals surface area contributed by atoms with E-state index in [0.29, 0.717) is 11.8 Å². The first-order chi connectivity index (χ1) is 11.3. The zero-order valence-corrected chi connectivity index (χ0v) is 16.0. The summed E-state index contributed by atoms with van der Waals surface area (Å²) in [5, 5.41) is 0. The van der Waals surface area contributed by atoms with E-state index >= 15 is 0 Å². The summed E-state index contributed by atoms with van der Waals surface area (Å²) >= 11 is 11.7. The molecule has 2 nitrogen and oxygen atoms in total. The van der Waals surface area contributed by atoms with Gasteiger partial charge in [-0.15, -0.1) is 23.2 Å². The summed E-state index contributed by atoms with van der Waals surface area (Å²) in [5.74, 6) is 1.56. The first-order valence-electron chi connectivity index (χ1n) is 9.05. The summed E-state index contributed by atoms with van der Waals surface area (Å²) in [6, 6.07) is 3.83. The van der Waals surface area contributed by atoms with Crippen molar-refractivity contribution < 1.29 is 4.74 Å². The van der Waals surface area contributed by atoms with Crippen molar-refractivity contribution in [3.8, 4) is 5.75 Å². The Hall–Kier alpha value is -0.470. The molecular weight excluding hydrogens is 329 g/mol. The Morgan fingerprint density at radius 3 is 2.00 bits per heavy atom. The molecule has 1 rings (SSSR count). The summed E-state index contributed by atoms with van der Waals surface area (Å²) in [4.78, 5) is 4.39. The van der Waals surface area contributed by atoms with Crippen molar-refractivity contribution in [1.29, 1.82) is 0 Å². The molecule has 0 aromatic carbocycles. The average Bonchev–Trinajstić information content (AvgIpc) is 2.59. The Labute approximate surface area is 151 Å². The SMILES string of the molecule is CCCCCCCCCCCCOc1ccc(CCl)nc1CCl. The molecule has 4 heteroatoms. The maximum absolute atomic E-state index is 5.92. The standard InChI is InChI=1S/C19H31Cl2NO/c1-2-3-4-5-6-7-8-9-10-11-14-23-19-13-12-17(15-20)22-18(19)16-21/h12-13H,2-11,14-16H2,1H3. The zero-order valence-electron chi connectivity index (χ0n) is 14.5. The second-order valence-electron chi connectivity index (χ2n) is 6.05. The molecular formula is C19H31Cl2NO. The van der Waals surface area contributed by atoms with Gasteiger partial charge in [-0.25, -0.2) is 0 Å². The van der Waals surface area contributed by atoms with E-state index in [1.165, 1.54) is 57.8 Å². The maximum atomic E-state index is 5.92. The van der Waals surface area contributed by atoms with E-state index in [4.69, 9.17) is 27.9 Å². The van der Waals surface area contributed by atoms with Gasteiger partial charge in [0.2, 0.25) is 0 Å². The molecule has 0 fully saturated rings. The molecule has 0 N–H and O–H groups in total. The van der Waals surface area contributed by atoms with Crippen LogP contribution in [-0.2, 0) is 11.8 Å². The van der Waals surface area contributed by atoms with Crippen LogP contribution in [0.15, 0.2) is 12.1 Å². The second kappa shape index (κ2) is 13.9. The summed E-state index contributed by atoms with van der Waals surface area (Å²) in [6.45, 7) is 3.00. The van der Waals surface area contributed by atoms with Crippen molar-refractivity contribution in [1.82, 2.24) is 4.98 Å². The monoisotopic (exact) mass is 359 g/mol. The number of unbranched alkanes of at least 4 members (excludes halogenated alkanes) is 9. The van der Waals surface area contributed by atoms with E-state index in [-0.39, 0.29) is 0 Å². The predicted molar refractivity (Wildman–Crippen MR) is 101 cm³/mol. The van der Waals surface area contributed by atoms with Crippen LogP contribution in [0.1, 0.15) is 82.5 Å². The first kappa shape index (κ1) is 20.6. The summed E-state index contributed by atoms with van der Waals surface area (Å²) in [6.07, 6.45) is 13.3. The van der Waals surface area contributed by atoms with Crippen molar-refractivity contribution in [2.45, 2.75) is 82.9 Å². The molecule has 0 radical (unpaired) electrons. The fourth-order valence-electron chi connectivity index (χ4n) is 2.61. The number of hydrogen-bond acceptors (Lipinski definition) is 2. The van der Waals surface area contributed by atoms with Crippen LogP contribution in [0.3, 0.4) is 0 Å². The smallest absolute Gasteiger partial charge is 0.142 e. The Kier molecular flexibility index (Phi) is 12.5. The van der Waals surface area contributed by atoms with Crippen LogP contribution in [-0.4, -0.2) is 11.6 Å². The third-order valence-corrected chi connectivity index (χ3v) is 4.54. The minimum absolute atomic E-state index is 0.359. The highest BCUT2D eigenvalue weighted by atomic mass is 35.5. The number of hydrogen-bond donors (Lipinski definition) is 0. The van der Waals surface area contributed by atoms with Gasteiger partial charge in [0.15, 0.2) is 0 Å². The van der Waals surface area contributed by atoms with Crippen molar-refractivity contribution in [2.24, 2.45) is 0 Å². The lowest BCUT2D eigenvalue weighted by Gasteiger charge is -2.10. The molecule has 132 valence electrons. The largest absolute Gasteiger partial charge is 0.492 e. The minimum Gasteiger partial charge on any atom is -0.492 e. The van der Waals surface area contributed by atoms with Crippen molar-refractivity contribution >= 4 is 23.2 Å². The van der Waals surface area contributed by atoms with E-state index in [9.17, 15) is 0 Å². The fourth-order valence-corrected chi connectivity index (χ4v) is 2.95. The van der Waals surface area contributed by atoms with Crippen LogP contribution < -0.4 is 4.74 Å². The van der Waals surface area contributed by atoms with Crippen LogP contribution in [0.4, 0.5) is 0 Å². The lowest BCUT2D eigenvalue weighted by molar-refractivity contribution is 0.300. The molecule has 0 atom stereocenters. The van der Waals surface area contributed by atoms with Gasteiger partial charge < -0.3 is 4.74 Å². The van der Waals surface area contributed by atoms with E-state index < -0.39 is 0 Å². The van der Waals surface area contributed by atoms with Crippen LogP contribution in [0.5, 0.6) is 5.75 Å².